The Morgan fingerprint density at radius 1 is 1.53 bits per heavy atom. The van der Waals surface area contributed by atoms with Gasteiger partial charge in [-0.2, -0.15) is 0 Å². The molecule has 0 aromatic carbocycles. The largest absolute Gasteiger partial charge is 0.480 e. The van der Waals surface area contributed by atoms with Crippen molar-refractivity contribution >= 4 is 12.0 Å². The molecule has 1 aliphatic carbocycles. The van der Waals surface area contributed by atoms with Crippen LogP contribution in [-0.4, -0.2) is 52.6 Å². The molecule has 0 saturated heterocycles. The van der Waals surface area contributed by atoms with Gasteiger partial charge in [0.15, 0.2) is 0 Å². The minimum atomic E-state index is -0.936. The number of rotatable bonds is 3. The molecular weight excluding hydrogens is 220 g/mol. The van der Waals surface area contributed by atoms with Crippen LogP contribution in [0.25, 0.3) is 0 Å². The van der Waals surface area contributed by atoms with E-state index in [-0.39, 0.29) is 18.6 Å². The summed E-state index contributed by atoms with van der Waals surface area (Å²) in [4.78, 5) is 26.2. The van der Waals surface area contributed by atoms with Crippen molar-refractivity contribution in [1.82, 2.24) is 9.80 Å². The molecule has 1 fully saturated rings. The van der Waals surface area contributed by atoms with Gasteiger partial charge in [-0.3, -0.25) is 4.79 Å². The molecule has 0 unspecified atom stereocenters. The van der Waals surface area contributed by atoms with Gasteiger partial charge in [0, 0.05) is 19.1 Å². The summed E-state index contributed by atoms with van der Waals surface area (Å²) >= 11 is 0. The SMILES string of the molecule is CC1=CCCN(C(=O)N(CC(=O)O)C2CC2)C1. The Bertz CT molecular complexity index is 361. The molecule has 2 amide bonds. The van der Waals surface area contributed by atoms with Crippen LogP contribution in [0.4, 0.5) is 4.79 Å². The Balaban J connectivity index is 2.00. The number of hydrogen-bond donors (Lipinski definition) is 1. The Morgan fingerprint density at radius 3 is 2.76 bits per heavy atom. The van der Waals surface area contributed by atoms with Gasteiger partial charge in [-0.15, -0.1) is 0 Å². The summed E-state index contributed by atoms with van der Waals surface area (Å²) in [6.45, 7) is 3.14. The van der Waals surface area contributed by atoms with Gasteiger partial charge >= 0.3 is 12.0 Å². The number of amides is 2. The van der Waals surface area contributed by atoms with Crippen LogP contribution >= 0.6 is 0 Å². The van der Waals surface area contributed by atoms with Gasteiger partial charge in [0.1, 0.15) is 6.54 Å². The van der Waals surface area contributed by atoms with Gasteiger partial charge in [0.25, 0.3) is 0 Å². The molecule has 1 N–H and O–H groups in total. The zero-order chi connectivity index (χ0) is 12.4. The van der Waals surface area contributed by atoms with E-state index in [0.717, 1.165) is 19.3 Å². The molecule has 0 aromatic heterocycles. The number of nitrogens with zero attached hydrogens (tertiary/aromatic N) is 2. The first kappa shape index (κ1) is 12.0. The molecule has 0 bridgehead atoms. The normalized spacial score (nSPS) is 19.8. The van der Waals surface area contributed by atoms with E-state index in [2.05, 4.69) is 6.08 Å². The highest BCUT2D eigenvalue weighted by Crippen LogP contribution is 2.28. The van der Waals surface area contributed by atoms with Crippen LogP contribution in [0.15, 0.2) is 11.6 Å². The summed E-state index contributed by atoms with van der Waals surface area (Å²) in [5, 5.41) is 8.84. The van der Waals surface area contributed by atoms with Crippen molar-refractivity contribution in [3.05, 3.63) is 11.6 Å². The summed E-state index contributed by atoms with van der Waals surface area (Å²) < 4.78 is 0. The van der Waals surface area contributed by atoms with Crippen LogP contribution in [0, 0.1) is 0 Å². The minimum absolute atomic E-state index is 0.123. The van der Waals surface area contributed by atoms with Gasteiger partial charge in [0.2, 0.25) is 0 Å². The molecule has 1 heterocycles. The molecule has 17 heavy (non-hydrogen) atoms. The van der Waals surface area contributed by atoms with Gasteiger partial charge in [-0.1, -0.05) is 11.6 Å². The third-order valence-corrected chi connectivity index (χ3v) is 3.14. The van der Waals surface area contributed by atoms with E-state index in [4.69, 9.17) is 5.11 Å². The molecule has 0 radical (unpaired) electrons. The summed E-state index contributed by atoms with van der Waals surface area (Å²) in [7, 11) is 0. The topological polar surface area (TPSA) is 60.9 Å². The second-order valence-electron chi connectivity index (χ2n) is 4.80. The highest BCUT2D eigenvalue weighted by molar-refractivity contribution is 5.81. The quantitative estimate of drug-likeness (QED) is 0.754. The maximum absolute atomic E-state index is 12.2. The lowest BCUT2D eigenvalue weighted by molar-refractivity contribution is -0.137. The van der Waals surface area contributed by atoms with Crippen molar-refractivity contribution in [2.75, 3.05) is 19.6 Å². The predicted octanol–water partition coefficient (Wildman–Crippen LogP) is 1.31. The average molecular weight is 238 g/mol. The van der Waals surface area contributed by atoms with Crippen LogP contribution in [0.1, 0.15) is 26.2 Å². The third kappa shape index (κ3) is 2.99. The minimum Gasteiger partial charge on any atom is -0.480 e. The molecule has 1 aliphatic heterocycles. The molecule has 2 rings (SSSR count). The Labute approximate surface area is 101 Å². The summed E-state index contributed by atoms with van der Waals surface area (Å²) in [5.74, 6) is -0.936. The Morgan fingerprint density at radius 2 is 2.24 bits per heavy atom. The monoisotopic (exact) mass is 238 g/mol. The molecular formula is C12H18N2O3. The smallest absolute Gasteiger partial charge is 0.323 e. The fourth-order valence-electron chi connectivity index (χ4n) is 2.14. The number of carbonyl (C=O) groups excluding carboxylic acids is 1. The number of carboxylic acid groups (broad SMARTS) is 1. The molecule has 5 nitrogen and oxygen atoms in total. The van der Waals surface area contributed by atoms with Gasteiger partial charge in [0.05, 0.1) is 0 Å². The van der Waals surface area contributed by atoms with Crippen molar-refractivity contribution in [3.8, 4) is 0 Å². The van der Waals surface area contributed by atoms with Gasteiger partial charge in [-0.05, 0) is 26.2 Å². The van der Waals surface area contributed by atoms with Crippen molar-refractivity contribution < 1.29 is 14.7 Å². The van der Waals surface area contributed by atoms with Crippen molar-refractivity contribution in [2.24, 2.45) is 0 Å². The zero-order valence-corrected chi connectivity index (χ0v) is 10.1. The van der Waals surface area contributed by atoms with E-state index in [9.17, 15) is 9.59 Å². The van der Waals surface area contributed by atoms with E-state index < -0.39 is 5.97 Å². The van der Waals surface area contributed by atoms with E-state index in [1.807, 2.05) is 6.92 Å². The summed E-state index contributed by atoms with van der Waals surface area (Å²) in [5.41, 5.74) is 1.18. The van der Waals surface area contributed by atoms with Gasteiger partial charge < -0.3 is 14.9 Å². The van der Waals surface area contributed by atoms with Crippen molar-refractivity contribution in [3.63, 3.8) is 0 Å². The second kappa shape index (κ2) is 4.77. The third-order valence-electron chi connectivity index (χ3n) is 3.14. The maximum Gasteiger partial charge on any atom is 0.323 e. The predicted molar refractivity (Wildman–Crippen MR) is 62.7 cm³/mol. The lowest BCUT2D eigenvalue weighted by atomic mass is 10.1. The number of carboxylic acids is 1. The van der Waals surface area contributed by atoms with Crippen molar-refractivity contribution in [2.45, 2.75) is 32.2 Å². The average Bonchev–Trinajstić information content (AvgIpc) is 3.08. The first-order valence-corrected chi connectivity index (χ1v) is 6.01. The molecule has 5 heteroatoms. The van der Waals surface area contributed by atoms with E-state index >= 15 is 0 Å². The lowest BCUT2D eigenvalue weighted by Crippen LogP contribution is -2.48. The highest BCUT2D eigenvalue weighted by atomic mass is 16.4. The number of aliphatic carboxylic acids is 1. The number of urea groups is 1. The lowest BCUT2D eigenvalue weighted by Gasteiger charge is -2.32. The summed E-state index contributed by atoms with van der Waals surface area (Å²) in [6, 6.07) is 0.0205. The first-order chi connectivity index (χ1) is 8.08. The van der Waals surface area contributed by atoms with E-state index in [1.54, 1.807) is 4.90 Å². The second-order valence-corrected chi connectivity index (χ2v) is 4.80. The fraction of sp³-hybridized carbons (Fsp3) is 0.667. The van der Waals surface area contributed by atoms with Crippen LogP contribution in [0.2, 0.25) is 0 Å². The number of hydrogen-bond acceptors (Lipinski definition) is 2. The van der Waals surface area contributed by atoms with Crippen molar-refractivity contribution in [1.29, 1.82) is 0 Å². The van der Waals surface area contributed by atoms with Crippen LogP contribution < -0.4 is 0 Å². The molecule has 0 aromatic rings. The van der Waals surface area contributed by atoms with Gasteiger partial charge in [-0.25, -0.2) is 4.79 Å². The Kier molecular flexibility index (Phi) is 3.36. The van der Waals surface area contributed by atoms with Crippen LogP contribution in [0.3, 0.4) is 0 Å². The standard InChI is InChI=1S/C12H18N2O3/c1-9-3-2-6-13(7-9)12(17)14(8-11(15)16)10-4-5-10/h3,10H,2,4-8H2,1H3,(H,15,16). The summed E-state index contributed by atoms with van der Waals surface area (Å²) in [6.07, 6.45) is 4.86. The molecule has 0 spiro atoms. The van der Waals surface area contributed by atoms with E-state index in [1.165, 1.54) is 10.5 Å². The molecule has 2 aliphatic rings. The van der Waals surface area contributed by atoms with Crippen LogP contribution in [-0.2, 0) is 4.79 Å². The molecule has 1 saturated carbocycles. The fourth-order valence-corrected chi connectivity index (χ4v) is 2.14. The first-order valence-electron chi connectivity index (χ1n) is 6.01. The highest BCUT2D eigenvalue weighted by Gasteiger charge is 2.36. The van der Waals surface area contributed by atoms with E-state index in [0.29, 0.717) is 13.1 Å². The maximum atomic E-state index is 12.2. The zero-order valence-electron chi connectivity index (χ0n) is 10.1. The molecule has 94 valence electrons. The van der Waals surface area contributed by atoms with Crippen LogP contribution in [0.5, 0.6) is 0 Å². The Hall–Kier alpha value is -1.52. The number of carbonyl (C=O) groups is 2. The molecule has 0 atom stereocenters.